The van der Waals surface area contributed by atoms with Gasteiger partial charge in [-0.2, -0.15) is 0 Å². The molecule has 0 spiro atoms. The summed E-state index contributed by atoms with van der Waals surface area (Å²) in [5.74, 6) is 0.689. The number of aliphatic hydroxyl groups excluding tert-OH is 1. The normalized spacial score (nSPS) is 12.3. The second kappa shape index (κ2) is 7.76. The zero-order chi connectivity index (χ0) is 14.3. The number of likely N-dealkylation sites (N-methyl/N-ethyl adjacent to an activating group) is 1. The van der Waals surface area contributed by atoms with Crippen molar-refractivity contribution in [3.63, 3.8) is 0 Å². The molecule has 0 saturated carbocycles. The lowest BCUT2D eigenvalue weighted by atomic mass is 10.2. The average molecular weight is 266 g/mol. The molecule has 0 heterocycles. The highest BCUT2D eigenvalue weighted by Gasteiger charge is 2.12. The molecule has 1 amide bonds. The Labute approximate surface area is 114 Å². The third kappa shape index (κ3) is 4.89. The van der Waals surface area contributed by atoms with Gasteiger partial charge in [0.25, 0.3) is 0 Å². The SMILES string of the molecule is COc1ccccc1CNC(=O)CN(C)C(C)CO. The Morgan fingerprint density at radius 1 is 1.47 bits per heavy atom. The monoisotopic (exact) mass is 266 g/mol. The molecule has 5 heteroatoms. The standard InChI is InChI=1S/C14H22N2O3/c1-11(10-17)16(2)9-14(18)15-8-12-6-4-5-7-13(12)19-3/h4-7,11,17H,8-10H2,1-3H3,(H,15,18). The van der Waals surface area contributed by atoms with Crippen LogP contribution < -0.4 is 10.1 Å². The topological polar surface area (TPSA) is 61.8 Å². The average Bonchev–Trinajstić information content (AvgIpc) is 2.44. The van der Waals surface area contributed by atoms with Gasteiger partial charge in [-0.1, -0.05) is 18.2 Å². The Bertz CT molecular complexity index is 409. The Balaban J connectivity index is 2.46. The highest BCUT2D eigenvalue weighted by Crippen LogP contribution is 2.16. The van der Waals surface area contributed by atoms with Crippen LogP contribution in [0.4, 0.5) is 0 Å². The second-order valence-electron chi connectivity index (χ2n) is 4.54. The summed E-state index contributed by atoms with van der Waals surface area (Å²) >= 11 is 0. The maximum absolute atomic E-state index is 11.8. The molecule has 1 unspecified atom stereocenters. The van der Waals surface area contributed by atoms with E-state index in [0.29, 0.717) is 6.54 Å². The van der Waals surface area contributed by atoms with E-state index in [0.717, 1.165) is 11.3 Å². The third-order valence-corrected chi connectivity index (χ3v) is 3.08. The molecule has 1 aromatic rings. The van der Waals surface area contributed by atoms with E-state index >= 15 is 0 Å². The first-order chi connectivity index (χ1) is 9.08. The number of para-hydroxylation sites is 1. The van der Waals surface area contributed by atoms with Crippen molar-refractivity contribution in [2.45, 2.75) is 19.5 Å². The molecule has 1 rings (SSSR count). The predicted octanol–water partition coefficient (Wildman–Crippen LogP) is 0.624. The number of carbonyl (C=O) groups excluding carboxylic acids is 1. The molecule has 0 bridgehead atoms. The van der Waals surface area contributed by atoms with Crippen LogP contribution in [0.2, 0.25) is 0 Å². The lowest BCUT2D eigenvalue weighted by molar-refractivity contribution is -0.122. The van der Waals surface area contributed by atoms with Gasteiger partial charge in [-0.15, -0.1) is 0 Å². The zero-order valence-corrected chi connectivity index (χ0v) is 11.7. The molecular formula is C14H22N2O3. The van der Waals surface area contributed by atoms with Crippen LogP contribution in [-0.2, 0) is 11.3 Å². The quantitative estimate of drug-likeness (QED) is 0.759. The molecule has 1 aromatic carbocycles. The first kappa shape index (κ1) is 15.5. The Morgan fingerprint density at radius 3 is 2.79 bits per heavy atom. The molecule has 5 nitrogen and oxygen atoms in total. The van der Waals surface area contributed by atoms with Crippen molar-refractivity contribution >= 4 is 5.91 Å². The van der Waals surface area contributed by atoms with Gasteiger partial charge in [0.1, 0.15) is 5.75 Å². The van der Waals surface area contributed by atoms with E-state index in [4.69, 9.17) is 9.84 Å². The fourth-order valence-corrected chi connectivity index (χ4v) is 1.62. The minimum atomic E-state index is -0.0753. The van der Waals surface area contributed by atoms with Crippen molar-refractivity contribution in [1.29, 1.82) is 0 Å². The van der Waals surface area contributed by atoms with Crippen molar-refractivity contribution in [3.8, 4) is 5.75 Å². The first-order valence-electron chi connectivity index (χ1n) is 6.28. The molecule has 0 aromatic heterocycles. The molecule has 106 valence electrons. The van der Waals surface area contributed by atoms with Crippen LogP contribution in [0.1, 0.15) is 12.5 Å². The van der Waals surface area contributed by atoms with E-state index < -0.39 is 0 Å². The van der Waals surface area contributed by atoms with Gasteiger partial charge >= 0.3 is 0 Å². The number of benzene rings is 1. The number of amides is 1. The Morgan fingerprint density at radius 2 is 2.16 bits per heavy atom. The van der Waals surface area contributed by atoms with Crippen LogP contribution in [0.5, 0.6) is 5.75 Å². The first-order valence-corrected chi connectivity index (χ1v) is 6.28. The van der Waals surface area contributed by atoms with Crippen LogP contribution >= 0.6 is 0 Å². The van der Waals surface area contributed by atoms with Gasteiger partial charge in [-0.3, -0.25) is 9.69 Å². The van der Waals surface area contributed by atoms with Gasteiger partial charge in [-0.25, -0.2) is 0 Å². The molecule has 0 saturated heterocycles. The number of nitrogens with one attached hydrogen (secondary N) is 1. The number of hydrogen-bond acceptors (Lipinski definition) is 4. The van der Waals surface area contributed by atoms with Gasteiger partial charge in [-0.05, 0) is 20.0 Å². The van der Waals surface area contributed by atoms with E-state index in [1.807, 2.05) is 38.2 Å². The largest absolute Gasteiger partial charge is 0.496 e. The lowest BCUT2D eigenvalue weighted by Crippen LogP contribution is -2.40. The molecule has 0 aliphatic rings. The van der Waals surface area contributed by atoms with Gasteiger partial charge in [0.2, 0.25) is 5.91 Å². The van der Waals surface area contributed by atoms with Gasteiger partial charge in [0.05, 0.1) is 20.3 Å². The number of carbonyl (C=O) groups is 1. The third-order valence-electron chi connectivity index (χ3n) is 3.08. The summed E-state index contributed by atoms with van der Waals surface area (Å²) in [5, 5.41) is 11.8. The summed E-state index contributed by atoms with van der Waals surface area (Å²) in [6.07, 6.45) is 0. The molecule has 0 fully saturated rings. The van der Waals surface area contributed by atoms with Crippen LogP contribution in [0.25, 0.3) is 0 Å². The van der Waals surface area contributed by atoms with E-state index in [9.17, 15) is 4.79 Å². The molecule has 0 aliphatic heterocycles. The van der Waals surface area contributed by atoms with Crippen molar-refractivity contribution in [2.24, 2.45) is 0 Å². The maximum Gasteiger partial charge on any atom is 0.234 e. The van der Waals surface area contributed by atoms with Crippen LogP contribution in [-0.4, -0.2) is 49.3 Å². The van der Waals surface area contributed by atoms with E-state index in [2.05, 4.69) is 5.32 Å². The number of rotatable bonds is 7. The smallest absolute Gasteiger partial charge is 0.234 e. The summed E-state index contributed by atoms with van der Waals surface area (Å²) < 4.78 is 5.22. The van der Waals surface area contributed by atoms with Gasteiger partial charge in [0.15, 0.2) is 0 Å². The molecular weight excluding hydrogens is 244 g/mol. The van der Waals surface area contributed by atoms with E-state index in [1.165, 1.54) is 0 Å². The highest BCUT2D eigenvalue weighted by molar-refractivity contribution is 5.78. The number of nitrogens with zero attached hydrogens (tertiary/aromatic N) is 1. The maximum atomic E-state index is 11.8. The number of aliphatic hydroxyl groups is 1. The Kier molecular flexibility index (Phi) is 6.32. The van der Waals surface area contributed by atoms with Gasteiger partial charge in [0, 0.05) is 18.2 Å². The minimum absolute atomic E-state index is 0.0305. The summed E-state index contributed by atoms with van der Waals surface area (Å²) in [6.45, 7) is 2.60. The Hall–Kier alpha value is -1.59. The summed E-state index contributed by atoms with van der Waals surface area (Å²) in [5.41, 5.74) is 0.941. The molecule has 19 heavy (non-hydrogen) atoms. The van der Waals surface area contributed by atoms with E-state index in [1.54, 1.807) is 12.0 Å². The van der Waals surface area contributed by atoms with Crippen LogP contribution in [0, 0.1) is 0 Å². The molecule has 0 aliphatic carbocycles. The van der Waals surface area contributed by atoms with Crippen molar-refractivity contribution in [3.05, 3.63) is 29.8 Å². The van der Waals surface area contributed by atoms with Crippen LogP contribution in [0.3, 0.4) is 0 Å². The van der Waals surface area contributed by atoms with Crippen molar-refractivity contribution in [2.75, 3.05) is 27.3 Å². The summed E-state index contributed by atoms with van der Waals surface area (Å²) in [6, 6.07) is 7.54. The minimum Gasteiger partial charge on any atom is -0.496 e. The number of hydrogen-bond donors (Lipinski definition) is 2. The van der Waals surface area contributed by atoms with Gasteiger partial charge < -0.3 is 15.2 Å². The fourth-order valence-electron chi connectivity index (χ4n) is 1.62. The van der Waals surface area contributed by atoms with Crippen molar-refractivity contribution < 1.29 is 14.6 Å². The zero-order valence-electron chi connectivity index (χ0n) is 11.7. The van der Waals surface area contributed by atoms with E-state index in [-0.39, 0.29) is 25.1 Å². The number of methoxy groups -OCH3 is 1. The second-order valence-corrected chi connectivity index (χ2v) is 4.54. The van der Waals surface area contributed by atoms with Crippen LogP contribution in [0.15, 0.2) is 24.3 Å². The molecule has 1 atom stereocenters. The molecule has 0 radical (unpaired) electrons. The predicted molar refractivity (Wildman–Crippen MR) is 74.0 cm³/mol. The van der Waals surface area contributed by atoms with Crippen molar-refractivity contribution in [1.82, 2.24) is 10.2 Å². The lowest BCUT2D eigenvalue weighted by Gasteiger charge is -2.22. The highest BCUT2D eigenvalue weighted by atomic mass is 16.5. The molecule has 2 N–H and O–H groups in total. The fraction of sp³-hybridized carbons (Fsp3) is 0.500. The summed E-state index contributed by atoms with van der Waals surface area (Å²) in [4.78, 5) is 13.6. The number of ether oxygens (including phenoxy) is 1. The summed E-state index contributed by atoms with van der Waals surface area (Å²) in [7, 11) is 3.42.